The minimum absolute atomic E-state index is 0.0637. The van der Waals surface area contributed by atoms with Crippen molar-refractivity contribution in [3.63, 3.8) is 0 Å². The first kappa shape index (κ1) is 15.7. The summed E-state index contributed by atoms with van der Waals surface area (Å²) in [6, 6.07) is 4.37. The van der Waals surface area contributed by atoms with E-state index in [2.05, 4.69) is 5.32 Å². The lowest BCUT2D eigenvalue weighted by molar-refractivity contribution is -0.131. The molecule has 0 fully saturated rings. The molecular weight excluding hydrogens is 263 g/mol. The number of nitrogens with zero attached hydrogens (tertiary/aromatic N) is 1. The van der Waals surface area contributed by atoms with E-state index in [4.69, 9.17) is 5.11 Å². The number of carbonyl (C=O) groups is 2. The lowest BCUT2D eigenvalue weighted by atomic mass is 10.1. The van der Waals surface area contributed by atoms with Crippen molar-refractivity contribution in [3.05, 3.63) is 35.7 Å². The van der Waals surface area contributed by atoms with Crippen LogP contribution in [0.15, 0.2) is 24.3 Å². The predicted molar refractivity (Wildman–Crippen MR) is 75.0 cm³/mol. The average Bonchev–Trinajstić information content (AvgIpc) is 2.42. The van der Waals surface area contributed by atoms with Crippen LogP contribution in [0.2, 0.25) is 0 Å². The first-order chi connectivity index (χ1) is 9.47. The van der Waals surface area contributed by atoms with Crippen LogP contribution in [0.5, 0.6) is 0 Å². The van der Waals surface area contributed by atoms with Crippen LogP contribution in [-0.4, -0.2) is 37.1 Å². The summed E-state index contributed by atoms with van der Waals surface area (Å²) in [5, 5.41) is 11.0. The molecular formula is C14H17FN2O3. The highest BCUT2D eigenvalue weighted by atomic mass is 19.1. The lowest BCUT2D eigenvalue weighted by Crippen LogP contribution is -2.35. The number of halogens is 1. The van der Waals surface area contributed by atoms with Crippen LogP contribution < -0.4 is 10.2 Å². The Hall–Kier alpha value is -2.37. The quantitative estimate of drug-likeness (QED) is 0.775. The Morgan fingerprint density at radius 2 is 2.15 bits per heavy atom. The van der Waals surface area contributed by atoms with E-state index in [9.17, 15) is 14.0 Å². The van der Waals surface area contributed by atoms with Crippen molar-refractivity contribution >= 4 is 23.6 Å². The summed E-state index contributed by atoms with van der Waals surface area (Å²) in [6.07, 6.45) is 2.25. The van der Waals surface area contributed by atoms with Gasteiger partial charge < -0.3 is 15.3 Å². The van der Waals surface area contributed by atoms with Crippen LogP contribution in [0, 0.1) is 5.82 Å². The zero-order valence-corrected chi connectivity index (χ0v) is 11.4. The zero-order valence-electron chi connectivity index (χ0n) is 11.4. The first-order valence-corrected chi connectivity index (χ1v) is 6.14. The highest BCUT2D eigenvalue weighted by Crippen LogP contribution is 2.21. The van der Waals surface area contributed by atoms with Gasteiger partial charge in [0.1, 0.15) is 5.82 Å². The maximum Gasteiger partial charge on any atom is 0.328 e. The van der Waals surface area contributed by atoms with Gasteiger partial charge in [-0.3, -0.25) is 4.79 Å². The Balaban J connectivity index is 2.95. The Morgan fingerprint density at radius 1 is 1.45 bits per heavy atom. The summed E-state index contributed by atoms with van der Waals surface area (Å²) in [6.45, 7) is 2.36. The number of carboxylic acid groups (broad SMARTS) is 1. The van der Waals surface area contributed by atoms with Gasteiger partial charge in [-0.1, -0.05) is 6.07 Å². The number of aliphatic carboxylic acids is 1. The summed E-state index contributed by atoms with van der Waals surface area (Å²) >= 11 is 0. The molecule has 2 N–H and O–H groups in total. The molecule has 0 aliphatic carbocycles. The molecule has 0 aromatic heterocycles. The van der Waals surface area contributed by atoms with Crippen LogP contribution in [-0.2, 0) is 9.59 Å². The topological polar surface area (TPSA) is 69.6 Å². The number of benzene rings is 1. The smallest absolute Gasteiger partial charge is 0.328 e. The molecule has 5 nitrogen and oxygen atoms in total. The molecule has 6 heteroatoms. The lowest BCUT2D eigenvalue weighted by Gasteiger charge is -2.22. The highest BCUT2D eigenvalue weighted by molar-refractivity contribution is 5.85. The second-order valence-electron chi connectivity index (χ2n) is 4.07. The number of anilines is 1. The number of hydrogen-bond acceptors (Lipinski definition) is 3. The van der Waals surface area contributed by atoms with Gasteiger partial charge in [-0.05, 0) is 30.7 Å². The third-order valence-corrected chi connectivity index (χ3v) is 2.73. The monoisotopic (exact) mass is 280 g/mol. The van der Waals surface area contributed by atoms with Crippen LogP contribution in [0.4, 0.5) is 10.1 Å². The van der Waals surface area contributed by atoms with Gasteiger partial charge in [-0.25, -0.2) is 9.18 Å². The van der Waals surface area contributed by atoms with Crippen molar-refractivity contribution < 1.29 is 19.1 Å². The normalized spacial score (nSPS) is 10.6. The molecule has 0 saturated carbocycles. The van der Waals surface area contributed by atoms with Crippen molar-refractivity contribution in [3.8, 4) is 0 Å². The molecule has 0 heterocycles. The molecule has 0 bridgehead atoms. The number of nitrogens with one attached hydrogen (secondary N) is 1. The fourth-order valence-corrected chi connectivity index (χ4v) is 1.67. The van der Waals surface area contributed by atoms with Crippen molar-refractivity contribution in [1.29, 1.82) is 0 Å². The van der Waals surface area contributed by atoms with Gasteiger partial charge in [0.05, 0.1) is 12.2 Å². The predicted octanol–water partition coefficient (Wildman–Crippen LogP) is 1.50. The zero-order chi connectivity index (χ0) is 15.1. The molecule has 1 rings (SSSR count). The molecule has 0 radical (unpaired) electrons. The second-order valence-corrected chi connectivity index (χ2v) is 4.07. The second kappa shape index (κ2) is 7.28. The molecule has 0 aliphatic rings. The van der Waals surface area contributed by atoms with E-state index in [0.29, 0.717) is 17.8 Å². The average molecular weight is 280 g/mol. The molecule has 0 aliphatic heterocycles. The minimum atomic E-state index is -1.09. The number of hydrogen-bond donors (Lipinski definition) is 2. The van der Waals surface area contributed by atoms with Crippen LogP contribution in [0.1, 0.15) is 12.5 Å². The standard InChI is InChI=1S/C14H17FN2O3/c1-3-17(9-13(18)16-2)12-6-4-10(8-11(12)15)5-7-14(19)20/h4-8H,3,9H2,1-2H3,(H,16,18)(H,19,20). The van der Waals surface area contributed by atoms with Gasteiger partial charge in [0.2, 0.25) is 5.91 Å². The molecule has 20 heavy (non-hydrogen) atoms. The number of likely N-dealkylation sites (N-methyl/N-ethyl adjacent to an activating group) is 2. The third-order valence-electron chi connectivity index (χ3n) is 2.73. The fourth-order valence-electron chi connectivity index (χ4n) is 1.67. The number of carboxylic acids is 1. The summed E-state index contributed by atoms with van der Waals surface area (Å²) in [7, 11) is 1.52. The summed E-state index contributed by atoms with van der Waals surface area (Å²) in [4.78, 5) is 23.4. The van der Waals surface area contributed by atoms with E-state index >= 15 is 0 Å². The Morgan fingerprint density at radius 3 is 2.65 bits per heavy atom. The van der Waals surface area contributed by atoms with Crippen LogP contribution in [0.3, 0.4) is 0 Å². The Bertz CT molecular complexity index is 529. The summed E-state index contributed by atoms with van der Waals surface area (Å²) in [5.41, 5.74) is 0.758. The molecule has 0 unspecified atom stereocenters. The minimum Gasteiger partial charge on any atom is -0.478 e. The largest absolute Gasteiger partial charge is 0.478 e. The number of rotatable bonds is 6. The van der Waals surface area contributed by atoms with Gasteiger partial charge in [-0.15, -0.1) is 0 Å². The van der Waals surface area contributed by atoms with Gasteiger partial charge in [0, 0.05) is 19.7 Å². The van der Waals surface area contributed by atoms with E-state index in [1.807, 2.05) is 6.92 Å². The van der Waals surface area contributed by atoms with Gasteiger partial charge in [0.25, 0.3) is 0 Å². The number of carbonyl (C=O) groups excluding carboxylic acids is 1. The molecule has 0 atom stereocenters. The molecule has 1 aromatic carbocycles. The third kappa shape index (κ3) is 4.38. The maximum absolute atomic E-state index is 14.0. The van der Waals surface area contributed by atoms with Crippen molar-refractivity contribution in [1.82, 2.24) is 5.32 Å². The van der Waals surface area contributed by atoms with E-state index < -0.39 is 11.8 Å². The van der Waals surface area contributed by atoms with Crippen molar-refractivity contribution in [2.75, 3.05) is 25.0 Å². The van der Waals surface area contributed by atoms with E-state index in [1.54, 1.807) is 11.0 Å². The van der Waals surface area contributed by atoms with E-state index in [-0.39, 0.29) is 12.5 Å². The molecule has 0 spiro atoms. The molecule has 1 amide bonds. The first-order valence-electron chi connectivity index (χ1n) is 6.14. The molecule has 0 saturated heterocycles. The molecule has 1 aromatic rings. The number of amides is 1. The summed E-state index contributed by atoms with van der Waals surface area (Å²) in [5.74, 6) is -1.80. The van der Waals surface area contributed by atoms with Crippen LogP contribution >= 0.6 is 0 Å². The van der Waals surface area contributed by atoms with Gasteiger partial charge in [-0.2, -0.15) is 0 Å². The Labute approximate surface area is 116 Å². The fraction of sp³-hybridized carbons (Fsp3) is 0.286. The SMILES string of the molecule is CCN(CC(=O)NC)c1ccc(C=CC(=O)O)cc1F. The summed E-state index contributed by atoms with van der Waals surface area (Å²) < 4.78 is 14.0. The maximum atomic E-state index is 14.0. The van der Waals surface area contributed by atoms with Crippen molar-refractivity contribution in [2.24, 2.45) is 0 Å². The van der Waals surface area contributed by atoms with Crippen molar-refractivity contribution in [2.45, 2.75) is 6.92 Å². The van der Waals surface area contributed by atoms with Crippen LogP contribution in [0.25, 0.3) is 6.08 Å². The van der Waals surface area contributed by atoms with Gasteiger partial charge in [0.15, 0.2) is 0 Å². The van der Waals surface area contributed by atoms with E-state index in [0.717, 1.165) is 6.08 Å². The van der Waals surface area contributed by atoms with Gasteiger partial charge >= 0.3 is 5.97 Å². The van der Waals surface area contributed by atoms with E-state index in [1.165, 1.54) is 25.3 Å². The highest BCUT2D eigenvalue weighted by Gasteiger charge is 2.13. The Kier molecular flexibility index (Phi) is 5.71. The molecule has 108 valence electrons.